The lowest BCUT2D eigenvalue weighted by Crippen LogP contribution is -2.48. The van der Waals surface area contributed by atoms with Gasteiger partial charge in [-0.25, -0.2) is 4.79 Å². The van der Waals surface area contributed by atoms with Crippen LogP contribution in [0.1, 0.15) is 29.3 Å². The van der Waals surface area contributed by atoms with Gasteiger partial charge in [0.15, 0.2) is 6.10 Å². The molecule has 206 valence electrons. The van der Waals surface area contributed by atoms with Crippen molar-refractivity contribution in [3.05, 3.63) is 83.6 Å². The molecule has 1 amide bonds. The van der Waals surface area contributed by atoms with E-state index in [9.17, 15) is 14.4 Å². The van der Waals surface area contributed by atoms with Gasteiger partial charge < -0.3 is 24.0 Å². The quantitative estimate of drug-likeness (QED) is 0.424. The molecule has 2 aliphatic rings. The maximum absolute atomic E-state index is 14.1. The third-order valence-electron chi connectivity index (χ3n) is 6.59. The molecule has 1 unspecified atom stereocenters. The third kappa shape index (κ3) is 7.10. The number of hydrogen-bond acceptors (Lipinski definition) is 8. The molecule has 0 spiro atoms. The molecule has 0 saturated heterocycles. The van der Waals surface area contributed by atoms with Crippen molar-refractivity contribution < 1.29 is 28.6 Å². The van der Waals surface area contributed by atoms with Crippen LogP contribution in [0.5, 0.6) is 0 Å². The molecule has 0 radical (unpaired) electrons. The molecule has 39 heavy (non-hydrogen) atoms. The number of carbonyl (C=O) groups excluding carboxylic acids is 3. The van der Waals surface area contributed by atoms with Crippen LogP contribution in [-0.4, -0.2) is 68.4 Å². The monoisotopic (exact) mass is 550 g/mol. The number of rotatable bonds is 9. The van der Waals surface area contributed by atoms with Crippen molar-refractivity contribution in [2.24, 2.45) is 5.92 Å². The predicted molar refractivity (Wildman–Crippen MR) is 150 cm³/mol. The van der Waals surface area contributed by atoms with E-state index in [1.54, 1.807) is 24.1 Å². The third-order valence-corrected chi connectivity index (χ3v) is 8.06. The number of methoxy groups -OCH3 is 1. The fourth-order valence-corrected chi connectivity index (χ4v) is 5.94. The van der Waals surface area contributed by atoms with Gasteiger partial charge in [0.25, 0.3) is 5.91 Å². The summed E-state index contributed by atoms with van der Waals surface area (Å²) in [6, 6.07) is 14.7. The minimum atomic E-state index is -0.998. The highest BCUT2D eigenvalue weighted by Crippen LogP contribution is 2.44. The highest BCUT2D eigenvalue weighted by Gasteiger charge is 2.43. The Morgan fingerprint density at radius 3 is 2.54 bits per heavy atom. The van der Waals surface area contributed by atoms with E-state index in [4.69, 9.17) is 14.2 Å². The van der Waals surface area contributed by atoms with Gasteiger partial charge in [0.05, 0.1) is 23.6 Å². The summed E-state index contributed by atoms with van der Waals surface area (Å²) in [4.78, 5) is 43.6. The van der Waals surface area contributed by atoms with Gasteiger partial charge in [0.1, 0.15) is 12.4 Å². The number of thioether (sulfide) groups is 1. The molecular formula is C30H34N2O6S. The molecule has 0 aromatic heterocycles. The van der Waals surface area contributed by atoms with Crippen LogP contribution >= 0.6 is 11.8 Å². The summed E-state index contributed by atoms with van der Waals surface area (Å²) in [6.07, 6.45) is 5.50. The van der Waals surface area contributed by atoms with E-state index < -0.39 is 18.0 Å². The molecule has 2 aromatic carbocycles. The van der Waals surface area contributed by atoms with Crippen molar-refractivity contribution in [2.75, 3.05) is 39.2 Å². The van der Waals surface area contributed by atoms with Crippen molar-refractivity contribution in [3.8, 4) is 0 Å². The summed E-state index contributed by atoms with van der Waals surface area (Å²) in [5, 5.41) is -0.369. The zero-order valence-corrected chi connectivity index (χ0v) is 23.5. The smallest absolute Gasteiger partial charge is 0.338 e. The van der Waals surface area contributed by atoms with Crippen LogP contribution in [0.2, 0.25) is 0 Å². The number of ether oxygens (including phenoxy) is 3. The molecule has 8 nitrogen and oxygen atoms in total. The molecule has 1 aliphatic carbocycles. The first-order valence-corrected chi connectivity index (χ1v) is 13.7. The van der Waals surface area contributed by atoms with Crippen LogP contribution in [0.15, 0.2) is 77.4 Å². The summed E-state index contributed by atoms with van der Waals surface area (Å²) in [5.41, 5.74) is 1.84. The van der Waals surface area contributed by atoms with Crippen molar-refractivity contribution in [1.29, 1.82) is 0 Å². The van der Waals surface area contributed by atoms with Crippen LogP contribution in [0.4, 0.5) is 5.69 Å². The van der Waals surface area contributed by atoms with E-state index in [0.29, 0.717) is 30.8 Å². The van der Waals surface area contributed by atoms with Gasteiger partial charge in [-0.15, -0.1) is 11.8 Å². The number of nitrogens with zero attached hydrogens (tertiary/aromatic N) is 2. The lowest BCUT2D eigenvalue weighted by molar-refractivity contribution is -0.153. The second-order valence-corrected chi connectivity index (χ2v) is 10.9. The number of allylic oxidation sites excluding steroid dienone is 3. The maximum Gasteiger partial charge on any atom is 0.338 e. The Morgan fingerprint density at radius 1 is 1.13 bits per heavy atom. The topological polar surface area (TPSA) is 85.4 Å². The van der Waals surface area contributed by atoms with E-state index >= 15 is 0 Å². The fourth-order valence-electron chi connectivity index (χ4n) is 4.53. The summed E-state index contributed by atoms with van der Waals surface area (Å²) in [6.45, 7) is 2.41. The fraction of sp³-hybridized carbons (Fsp3) is 0.367. The number of anilines is 1. The molecule has 0 bridgehead atoms. The first kappa shape index (κ1) is 28.4. The molecule has 0 fully saturated rings. The van der Waals surface area contributed by atoms with Crippen LogP contribution in [-0.2, 0) is 30.4 Å². The molecule has 1 aliphatic heterocycles. The van der Waals surface area contributed by atoms with Crippen LogP contribution < -0.4 is 4.90 Å². The maximum atomic E-state index is 14.1. The Kier molecular flexibility index (Phi) is 9.48. The van der Waals surface area contributed by atoms with Gasteiger partial charge in [-0.05, 0) is 62.3 Å². The van der Waals surface area contributed by atoms with E-state index in [1.807, 2.05) is 73.6 Å². The second kappa shape index (κ2) is 13.0. The van der Waals surface area contributed by atoms with Gasteiger partial charge in [-0.2, -0.15) is 0 Å². The highest BCUT2D eigenvalue weighted by atomic mass is 32.2. The Labute approximate surface area is 233 Å². The first-order valence-electron chi connectivity index (χ1n) is 12.8. The summed E-state index contributed by atoms with van der Waals surface area (Å²) < 4.78 is 16.6. The minimum absolute atomic E-state index is 0.0700. The Morgan fingerprint density at radius 2 is 1.90 bits per heavy atom. The average molecular weight is 551 g/mol. The van der Waals surface area contributed by atoms with Crippen molar-refractivity contribution in [2.45, 2.75) is 36.2 Å². The van der Waals surface area contributed by atoms with Crippen LogP contribution in [0.25, 0.3) is 0 Å². The number of fused-ring (bicyclic) bond motifs is 1. The van der Waals surface area contributed by atoms with Crippen LogP contribution in [0.3, 0.4) is 0 Å². The van der Waals surface area contributed by atoms with Gasteiger partial charge in [-0.3, -0.25) is 9.59 Å². The van der Waals surface area contributed by atoms with E-state index in [1.165, 1.54) is 18.7 Å². The normalized spacial score (nSPS) is 20.6. The first-order chi connectivity index (χ1) is 18.8. The van der Waals surface area contributed by atoms with Gasteiger partial charge in [0.2, 0.25) is 0 Å². The number of hydrogen-bond donors (Lipinski definition) is 0. The van der Waals surface area contributed by atoms with Crippen LogP contribution in [0, 0.1) is 5.92 Å². The molecule has 3 atom stereocenters. The predicted octanol–water partition coefficient (Wildman–Crippen LogP) is 4.45. The zero-order valence-electron chi connectivity index (χ0n) is 22.7. The number of esters is 2. The largest absolute Gasteiger partial charge is 0.497 e. The van der Waals surface area contributed by atoms with E-state index in [0.717, 1.165) is 16.2 Å². The SMILES string of the molecule is COC1=CCC([C@@H]2Sc3ccc(C(=O)OCc4ccccc4)cc3N(CCN(C)C)C(=O)[C@@H]2OC(C)=O)C=C1. The van der Waals surface area contributed by atoms with Gasteiger partial charge in [0, 0.05) is 24.9 Å². The molecule has 0 saturated carbocycles. The van der Waals surface area contributed by atoms with E-state index in [2.05, 4.69) is 0 Å². The van der Waals surface area contributed by atoms with Crippen molar-refractivity contribution in [3.63, 3.8) is 0 Å². The average Bonchev–Trinajstić information content (AvgIpc) is 3.04. The van der Waals surface area contributed by atoms with Gasteiger partial charge in [-0.1, -0.05) is 36.4 Å². The molecule has 9 heteroatoms. The van der Waals surface area contributed by atoms with E-state index in [-0.39, 0.29) is 23.7 Å². The zero-order chi connectivity index (χ0) is 27.9. The van der Waals surface area contributed by atoms with Crippen molar-refractivity contribution in [1.82, 2.24) is 4.90 Å². The lowest BCUT2D eigenvalue weighted by atomic mass is 9.92. The van der Waals surface area contributed by atoms with Crippen molar-refractivity contribution >= 4 is 35.3 Å². The molecule has 1 heterocycles. The number of likely N-dealkylation sites (N-methyl/N-ethyl adjacent to an activating group) is 1. The summed E-state index contributed by atoms with van der Waals surface area (Å²) >= 11 is 1.49. The van der Waals surface area contributed by atoms with Gasteiger partial charge >= 0.3 is 11.9 Å². The number of benzene rings is 2. The Hall–Kier alpha value is -3.56. The Balaban J connectivity index is 1.68. The lowest BCUT2D eigenvalue weighted by Gasteiger charge is -2.31. The highest BCUT2D eigenvalue weighted by molar-refractivity contribution is 8.00. The molecule has 0 N–H and O–H groups in total. The standard InChI is InChI=1S/C30H34N2O6S/c1-20(33)38-27-28(22-10-13-24(36-4)14-11-22)39-26-15-12-23(30(35)37-19-21-8-6-5-7-9-21)18-25(26)32(29(27)34)17-16-31(2)3/h5-10,12-15,18,22,27-28H,11,16-17,19H2,1-4H3/t22?,27-,28+/m1/s1. The number of amides is 1. The number of carbonyl (C=O) groups is 3. The summed E-state index contributed by atoms with van der Waals surface area (Å²) in [5.74, 6) is -0.619. The Bertz CT molecular complexity index is 1260. The second-order valence-electron chi connectivity index (χ2n) is 9.72. The summed E-state index contributed by atoms with van der Waals surface area (Å²) in [7, 11) is 5.46. The minimum Gasteiger partial charge on any atom is -0.497 e. The molecule has 4 rings (SSSR count). The molecule has 2 aromatic rings. The molecular weight excluding hydrogens is 516 g/mol.